The first-order valence-electron chi connectivity index (χ1n) is 16.3. The van der Waals surface area contributed by atoms with E-state index in [0.29, 0.717) is 28.5 Å². The molecule has 0 spiro atoms. The van der Waals surface area contributed by atoms with Gasteiger partial charge < -0.3 is 19.6 Å². The molecule has 4 N–H and O–H groups in total. The molecule has 3 aromatic carbocycles. The van der Waals surface area contributed by atoms with Crippen LogP contribution >= 0.6 is 0 Å². The second kappa shape index (κ2) is 13.3. The van der Waals surface area contributed by atoms with Gasteiger partial charge in [-0.15, -0.1) is 0 Å². The quantitative estimate of drug-likeness (QED) is 0.142. The van der Waals surface area contributed by atoms with E-state index in [9.17, 15) is 37.5 Å². The summed E-state index contributed by atoms with van der Waals surface area (Å²) < 4.78 is 54.6. The number of likely N-dealkylation sites (tertiary alicyclic amines) is 1. The fraction of sp³-hybridized carbons (Fsp3) is 0.364. The van der Waals surface area contributed by atoms with Gasteiger partial charge >= 0.3 is 16.0 Å². The zero-order valence-corrected chi connectivity index (χ0v) is 27.8. The van der Waals surface area contributed by atoms with Crippen molar-refractivity contribution in [3.8, 4) is 11.5 Å². The Morgan fingerprint density at radius 2 is 1.82 bits per heavy atom. The number of imide groups is 1. The van der Waals surface area contributed by atoms with Crippen LogP contribution in [0, 0.1) is 5.82 Å². The molecule has 16 nitrogen and oxygen atoms in total. The second-order valence-electron chi connectivity index (χ2n) is 12.7. The standard InChI is InChI=1S/C33H33FN6O10S/c34-30-22-15-21(3-1-20(22)13-25(41)31(30)39-17-29(44)37-51(39,47)48)49-12-9-35-28(43)16-38-10-7-18(8-11-38)19-2-4-23-26(14-19)50-33(46)40(23)24-5-6-27(42)36-32(24)45/h1-4,13-15,18,24,41H,5-12,16-17H2,(H,35,43)(H,37,44)(H,36,42,45). The van der Waals surface area contributed by atoms with Crippen LogP contribution in [0.2, 0.25) is 0 Å². The Hall–Kier alpha value is -5.49. The summed E-state index contributed by atoms with van der Waals surface area (Å²) in [4.78, 5) is 62.9. The third kappa shape index (κ3) is 6.71. The van der Waals surface area contributed by atoms with Crippen LogP contribution in [0.25, 0.3) is 21.9 Å². The summed E-state index contributed by atoms with van der Waals surface area (Å²) >= 11 is 0. The van der Waals surface area contributed by atoms with Crippen molar-refractivity contribution in [2.45, 2.75) is 37.6 Å². The number of benzene rings is 3. The van der Waals surface area contributed by atoms with E-state index >= 15 is 4.39 Å². The number of amides is 4. The molecular formula is C33H33FN6O10S. The molecule has 7 rings (SSSR count). The van der Waals surface area contributed by atoms with E-state index < -0.39 is 57.6 Å². The number of oxazole rings is 1. The van der Waals surface area contributed by atoms with Gasteiger partial charge in [-0.2, -0.15) is 8.42 Å². The molecule has 0 bridgehead atoms. The second-order valence-corrected chi connectivity index (χ2v) is 14.3. The molecule has 4 aromatic rings. The molecule has 1 aromatic heterocycles. The van der Waals surface area contributed by atoms with E-state index in [1.54, 1.807) is 16.9 Å². The van der Waals surface area contributed by atoms with Crippen molar-refractivity contribution in [1.29, 1.82) is 0 Å². The lowest BCUT2D eigenvalue weighted by atomic mass is 9.89. The third-order valence-electron chi connectivity index (χ3n) is 9.35. The maximum atomic E-state index is 15.5. The number of aromatic nitrogens is 1. The number of carbonyl (C=O) groups excluding carboxylic acids is 4. The minimum absolute atomic E-state index is 0.0302. The summed E-state index contributed by atoms with van der Waals surface area (Å²) in [5, 5.41) is 15.7. The molecule has 18 heteroatoms. The highest BCUT2D eigenvalue weighted by Gasteiger charge is 2.38. The molecule has 3 saturated heterocycles. The third-order valence-corrected chi connectivity index (χ3v) is 10.7. The van der Waals surface area contributed by atoms with Gasteiger partial charge in [-0.25, -0.2) is 18.2 Å². The van der Waals surface area contributed by atoms with Crippen LogP contribution in [-0.4, -0.2) is 86.0 Å². The van der Waals surface area contributed by atoms with Gasteiger partial charge in [0.15, 0.2) is 11.4 Å². The van der Waals surface area contributed by atoms with E-state index in [1.165, 1.54) is 22.8 Å². The molecule has 51 heavy (non-hydrogen) atoms. The fourth-order valence-electron chi connectivity index (χ4n) is 6.85. The van der Waals surface area contributed by atoms with Crippen LogP contribution in [0.3, 0.4) is 0 Å². The van der Waals surface area contributed by atoms with Gasteiger partial charge in [-0.1, -0.05) is 12.1 Å². The number of nitrogens with one attached hydrogen (secondary N) is 3. The lowest BCUT2D eigenvalue weighted by Crippen LogP contribution is -2.43. The zero-order valence-electron chi connectivity index (χ0n) is 27.0. The van der Waals surface area contributed by atoms with Crippen LogP contribution < -0.4 is 30.2 Å². The van der Waals surface area contributed by atoms with Gasteiger partial charge in [0, 0.05) is 11.8 Å². The summed E-state index contributed by atoms with van der Waals surface area (Å²) in [6.45, 7) is 1.07. The Balaban J connectivity index is 0.896. The molecule has 4 amide bonds. The topological polar surface area (TPSA) is 210 Å². The van der Waals surface area contributed by atoms with Crippen molar-refractivity contribution in [3.05, 3.63) is 64.4 Å². The number of piperidine rings is 2. The average molecular weight is 725 g/mol. The number of phenolic OH excluding ortho intramolecular Hbond substituents is 1. The Morgan fingerprint density at radius 1 is 1.04 bits per heavy atom. The number of phenols is 1. The number of fused-ring (bicyclic) bond motifs is 2. The first-order valence-corrected chi connectivity index (χ1v) is 17.7. The van der Waals surface area contributed by atoms with Gasteiger partial charge in [0.1, 0.15) is 36.4 Å². The summed E-state index contributed by atoms with van der Waals surface area (Å²) in [5.41, 5.74) is 1.20. The van der Waals surface area contributed by atoms with Crippen molar-refractivity contribution in [2.24, 2.45) is 0 Å². The first-order chi connectivity index (χ1) is 24.4. The number of carbonyl (C=O) groups is 4. The zero-order chi connectivity index (χ0) is 36.0. The highest BCUT2D eigenvalue weighted by Crippen LogP contribution is 2.39. The number of ether oxygens (including phenoxy) is 1. The largest absolute Gasteiger partial charge is 0.506 e. The van der Waals surface area contributed by atoms with E-state index in [4.69, 9.17) is 9.15 Å². The Kier molecular flexibility index (Phi) is 8.88. The first kappa shape index (κ1) is 34.0. The summed E-state index contributed by atoms with van der Waals surface area (Å²) in [6, 6.07) is 10.3. The van der Waals surface area contributed by atoms with Crippen LogP contribution in [0.4, 0.5) is 10.1 Å². The van der Waals surface area contributed by atoms with Gasteiger partial charge in [0.25, 0.3) is 5.91 Å². The molecule has 0 saturated carbocycles. The molecule has 1 atom stereocenters. The monoisotopic (exact) mass is 724 g/mol. The van der Waals surface area contributed by atoms with Crippen molar-refractivity contribution in [3.63, 3.8) is 0 Å². The van der Waals surface area contributed by atoms with Gasteiger partial charge in [0.2, 0.25) is 17.7 Å². The predicted molar refractivity (Wildman–Crippen MR) is 179 cm³/mol. The van der Waals surface area contributed by atoms with Crippen LogP contribution in [0.15, 0.2) is 51.7 Å². The summed E-state index contributed by atoms with van der Waals surface area (Å²) in [5.74, 6) is -3.86. The Morgan fingerprint density at radius 3 is 2.55 bits per heavy atom. The Labute approximate surface area is 289 Å². The van der Waals surface area contributed by atoms with Crippen molar-refractivity contribution >= 4 is 61.4 Å². The van der Waals surface area contributed by atoms with E-state index in [2.05, 4.69) is 10.6 Å². The SMILES string of the molecule is O=C(CN1CCC(c2ccc3c(c2)oc(=O)n3C2CCC(=O)NC2=O)CC1)NCCOc1ccc2cc(O)c(N3CC(=O)NS3(=O)=O)c(F)c2c1. The number of aromatic hydroxyl groups is 1. The van der Waals surface area contributed by atoms with Gasteiger partial charge in [-0.05, 0) is 79.6 Å². The van der Waals surface area contributed by atoms with Gasteiger partial charge in [0.05, 0.1) is 18.6 Å². The maximum Gasteiger partial charge on any atom is 0.420 e. The molecule has 0 radical (unpaired) electrons. The highest BCUT2D eigenvalue weighted by atomic mass is 32.2. The molecule has 3 aliphatic rings. The lowest BCUT2D eigenvalue weighted by Gasteiger charge is -2.31. The molecule has 4 heterocycles. The number of rotatable bonds is 9. The predicted octanol–water partition coefficient (Wildman–Crippen LogP) is 1.13. The van der Waals surface area contributed by atoms with E-state index in [1.807, 2.05) is 17.0 Å². The minimum Gasteiger partial charge on any atom is -0.506 e. The molecule has 0 aliphatic carbocycles. The van der Waals surface area contributed by atoms with Crippen LogP contribution in [0.1, 0.15) is 43.2 Å². The normalized spacial score (nSPS) is 19.7. The molecule has 3 fully saturated rings. The average Bonchev–Trinajstić information content (AvgIpc) is 3.55. The smallest absolute Gasteiger partial charge is 0.420 e. The highest BCUT2D eigenvalue weighted by molar-refractivity contribution is 7.92. The summed E-state index contributed by atoms with van der Waals surface area (Å²) in [6.07, 6.45) is 1.91. The fourth-order valence-corrected chi connectivity index (χ4v) is 8.02. The number of hydrogen-bond donors (Lipinski definition) is 4. The molecule has 3 aliphatic heterocycles. The number of nitrogens with zero attached hydrogens (tertiary/aromatic N) is 3. The number of anilines is 1. The van der Waals surface area contributed by atoms with Crippen LogP contribution in [-0.2, 0) is 29.4 Å². The maximum absolute atomic E-state index is 15.5. The van der Waals surface area contributed by atoms with Gasteiger partial charge in [-0.3, -0.25) is 34.0 Å². The molecule has 1 unspecified atom stereocenters. The Bertz CT molecular complexity index is 2260. The minimum atomic E-state index is -4.35. The van der Waals surface area contributed by atoms with Crippen LogP contribution in [0.5, 0.6) is 11.5 Å². The molecular weight excluding hydrogens is 691 g/mol. The van der Waals surface area contributed by atoms with Crippen molar-refractivity contribution < 1.29 is 46.2 Å². The van der Waals surface area contributed by atoms with E-state index in [0.717, 1.165) is 18.4 Å². The summed E-state index contributed by atoms with van der Waals surface area (Å²) in [7, 11) is -4.35. The molecule has 268 valence electrons. The number of halogens is 1. The lowest BCUT2D eigenvalue weighted by molar-refractivity contribution is -0.135. The van der Waals surface area contributed by atoms with Crippen molar-refractivity contribution in [1.82, 2.24) is 24.8 Å². The number of hydrogen-bond acceptors (Lipinski definition) is 11. The van der Waals surface area contributed by atoms with E-state index in [-0.39, 0.29) is 66.8 Å². The van der Waals surface area contributed by atoms with Crippen molar-refractivity contribution in [2.75, 3.05) is 43.6 Å².